The SMILES string of the molecule is COc1cc(OCC(=O)N2CCCC(C)(C(=O)O)C2)ccc1[N+](=O)[O-]. The van der Waals surface area contributed by atoms with Gasteiger partial charge in [-0.1, -0.05) is 0 Å². The second kappa shape index (κ2) is 7.37. The molecular weight excluding hydrogens is 332 g/mol. The number of nitro groups is 1. The first-order valence-electron chi connectivity index (χ1n) is 7.73. The van der Waals surface area contributed by atoms with Crippen molar-refractivity contribution < 1.29 is 29.1 Å². The fraction of sp³-hybridized carbons (Fsp3) is 0.500. The third-order valence-electron chi connectivity index (χ3n) is 4.28. The number of carboxylic acid groups (broad SMARTS) is 1. The standard InChI is InChI=1S/C16H20N2O7/c1-16(15(20)21)6-3-7-17(10-16)14(19)9-25-11-4-5-12(18(22)23)13(8-11)24-2/h4-5,8H,3,6-7,9-10H2,1-2H3,(H,20,21). The van der Waals surface area contributed by atoms with E-state index in [4.69, 9.17) is 9.47 Å². The molecule has 0 radical (unpaired) electrons. The maximum Gasteiger partial charge on any atom is 0.311 e. The highest BCUT2D eigenvalue weighted by atomic mass is 16.6. The summed E-state index contributed by atoms with van der Waals surface area (Å²) in [5.41, 5.74) is -1.15. The van der Waals surface area contributed by atoms with Gasteiger partial charge in [-0.25, -0.2) is 0 Å². The average Bonchev–Trinajstić information content (AvgIpc) is 2.59. The van der Waals surface area contributed by atoms with Gasteiger partial charge in [-0.2, -0.15) is 0 Å². The molecule has 1 fully saturated rings. The Morgan fingerprint density at radius 2 is 2.16 bits per heavy atom. The number of methoxy groups -OCH3 is 1. The van der Waals surface area contributed by atoms with E-state index in [1.54, 1.807) is 6.92 Å². The minimum atomic E-state index is -0.954. The van der Waals surface area contributed by atoms with Crippen molar-refractivity contribution in [3.8, 4) is 11.5 Å². The highest BCUT2D eigenvalue weighted by molar-refractivity contribution is 5.80. The van der Waals surface area contributed by atoms with Crippen LogP contribution in [0.4, 0.5) is 5.69 Å². The molecule has 1 saturated heterocycles. The van der Waals surface area contributed by atoms with Crippen molar-refractivity contribution in [2.24, 2.45) is 5.41 Å². The van der Waals surface area contributed by atoms with Crippen LogP contribution in [0.3, 0.4) is 0 Å². The monoisotopic (exact) mass is 352 g/mol. The Bertz CT molecular complexity index is 691. The summed E-state index contributed by atoms with van der Waals surface area (Å²) >= 11 is 0. The van der Waals surface area contributed by atoms with Gasteiger partial charge in [0.15, 0.2) is 6.61 Å². The van der Waals surface area contributed by atoms with Crippen molar-refractivity contribution in [3.05, 3.63) is 28.3 Å². The molecular formula is C16H20N2O7. The van der Waals surface area contributed by atoms with Crippen LogP contribution < -0.4 is 9.47 Å². The summed E-state index contributed by atoms with van der Waals surface area (Å²) in [5, 5.41) is 20.2. The largest absolute Gasteiger partial charge is 0.490 e. The smallest absolute Gasteiger partial charge is 0.311 e. The molecule has 0 saturated carbocycles. The van der Waals surface area contributed by atoms with E-state index in [9.17, 15) is 24.8 Å². The van der Waals surface area contributed by atoms with Gasteiger partial charge in [-0.15, -0.1) is 0 Å². The third-order valence-corrected chi connectivity index (χ3v) is 4.28. The van der Waals surface area contributed by atoms with E-state index >= 15 is 0 Å². The summed E-state index contributed by atoms with van der Waals surface area (Å²) in [6.45, 7) is 1.95. The number of aliphatic carboxylic acids is 1. The van der Waals surface area contributed by atoms with Crippen LogP contribution in [0, 0.1) is 15.5 Å². The van der Waals surface area contributed by atoms with Crippen LogP contribution in [0.25, 0.3) is 0 Å². The molecule has 0 aliphatic carbocycles. The molecule has 0 spiro atoms. The first kappa shape index (κ1) is 18.5. The lowest BCUT2D eigenvalue weighted by molar-refractivity contribution is -0.385. The highest BCUT2D eigenvalue weighted by Gasteiger charge is 2.39. The Balaban J connectivity index is 2.00. The van der Waals surface area contributed by atoms with Crippen LogP contribution >= 0.6 is 0 Å². The van der Waals surface area contributed by atoms with E-state index in [1.165, 1.54) is 30.2 Å². The number of nitro benzene ring substituents is 1. The van der Waals surface area contributed by atoms with Crippen LogP contribution in [-0.4, -0.2) is 53.6 Å². The van der Waals surface area contributed by atoms with Gasteiger partial charge in [-0.3, -0.25) is 19.7 Å². The molecule has 1 aromatic carbocycles. The van der Waals surface area contributed by atoms with E-state index in [-0.39, 0.29) is 36.2 Å². The number of carboxylic acids is 1. The molecule has 1 N–H and O–H groups in total. The zero-order valence-electron chi connectivity index (χ0n) is 14.1. The number of ether oxygens (including phenoxy) is 2. The van der Waals surface area contributed by atoms with Crippen LogP contribution in [0.2, 0.25) is 0 Å². The van der Waals surface area contributed by atoms with Crippen molar-refractivity contribution >= 4 is 17.6 Å². The highest BCUT2D eigenvalue weighted by Crippen LogP contribution is 2.31. The maximum atomic E-state index is 12.3. The number of carbonyl (C=O) groups is 2. The van der Waals surface area contributed by atoms with E-state index in [2.05, 4.69) is 0 Å². The molecule has 1 atom stereocenters. The summed E-state index contributed by atoms with van der Waals surface area (Å²) in [6.07, 6.45) is 1.13. The molecule has 0 bridgehead atoms. The lowest BCUT2D eigenvalue weighted by atomic mass is 9.82. The molecule has 1 heterocycles. The van der Waals surface area contributed by atoms with Crippen LogP contribution in [0.5, 0.6) is 11.5 Å². The molecule has 1 unspecified atom stereocenters. The van der Waals surface area contributed by atoms with Crippen LogP contribution in [0.15, 0.2) is 18.2 Å². The lowest BCUT2D eigenvalue weighted by Crippen LogP contribution is -2.49. The third kappa shape index (κ3) is 4.17. The fourth-order valence-electron chi connectivity index (χ4n) is 2.76. The normalized spacial score (nSPS) is 20.0. The topological polar surface area (TPSA) is 119 Å². The second-order valence-corrected chi connectivity index (χ2v) is 6.16. The molecule has 136 valence electrons. The fourth-order valence-corrected chi connectivity index (χ4v) is 2.76. The number of piperidine rings is 1. The summed E-state index contributed by atoms with van der Waals surface area (Å²) in [6, 6.07) is 3.95. The van der Waals surface area contributed by atoms with E-state index in [1.807, 2.05) is 0 Å². The number of amides is 1. The van der Waals surface area contributed by atoms with Crippen molar-refractivity contribution in [2.45, 2.75) is 19.8 Å². The van der Waals surface area contributed by atoms with Gasteiger partial charge < -0.3 is 19.5 Å². The van der Waals surface area contributed by atoms with Gasteiger partial charge in [0.25, 0.3) is 5.91 Å². The molecule has 1 aliphatic heterocycles. The van der Waals surface area contributed by atoms with Gasteiger partial charge in [-0.05, 0) is 25.8 Å². The summed E-state index contributed by atoms with van der Waals surface area (Å²) < 4.78 is 10.3. The lowest BCUT2D eigenvalue weighted by Gasteiger charge is -2.37. The van der Waals surface area contributed by atoms with Crippen LogP contribution in [0.1, 0.15) is 19.8 Å². The number of rotatable bonds is 6. The second-order valence-electron chi connectivity index (χ2n) is 6.16. The Morgan fingerprint density at radius 1 is 1.44 bits per heavy atom. The Morgan fingerprint density at radius 3 is 2.76 bits per heavy atom. The minimum absolute atomic E-state index is 0.0337. The predicted octanol–water partition coefficient (Wildman–Crippen LogP) is 1.70. The van der Waals surface area contributed by atoms with Gasteiger partial charge in [0, 0.05) is 25.2 Å². The van der Waals surface area contributed by atoms with Gasteiger partial charge in [0.2, 0.25) is 5.75 Å². The molecule has 25 heavy (non-hydrogen) atoms. The molecule has 0 aromatic heterocycles. The molecule has 9 nitrogen and oxygen atoms in total. The number of benzene rings is 1. The first-order valence-corrected chi connectivity index (χ1v) is 7.73. The quantitative estimate of drug-likeness (QED) is 0.611. The molecule has 1 aliphatic rings. The predicted molar refractivity (Wildman–Crippen MR) is 86.7 cm³/mol. The molecule has 1 amide bonds. The van der Waals surface area contributed by atoms with Gasteiger partial charge in [0.05, 0.1) is 17.4 Å². The van der Waals surface area contributed by atoms with Crippen molar-refractivity contribution in [1.29, 1.82) is 0 Å². The summed E-state index contributed by atoms with van der Waals surface area (Å²) in [5.74, 6) is -0.962. The van der Waals surface area contributed by atoms with E-state index < -0.39 is 16.3 Å². The first-order chi connectivity index (χ1) is 11.8. The number of likely N-dealkylation sites (tertiary alicyclic amines) is 1. The van der Waals surface area contributed by atoms with Crippen molar-refractivity contribution in [1.82, 2.24) is 4.90 Å². The number of nitrogens with zero attached hydrogens (tertiary/aromatic N) is 2. The zero-order chi connectivity index (χ0) is 18.6. The Kier molecular flexibility index (Phi) is 5.45. The molecule has 1 aromatic rings. The zero-order valence-corrected chi connectivity index (χ0v) is 14.1. The van der Waals surface area contributed by atoms with Crippen LogP contribution in [-0.2, 0) is 9.59 Å². The number of hydrogen-bond acceptors (Lipinski definition) is 6. The number of carbonyl (C=O) groups excluding carboxylic acids is 1. The van der Waals surface area contributed by atoms with E-state index in [0.29, 0.717) is 19.4 Å². The van der Waals surface area contributed by atoms with E-state index in [0.717, 1.165) is 0 Å². The summed E-state index contributed by atoms with van der Waals surface area (Å²) in [7, 11) is 1.30. The Labute approximate surface area is 144 Å². The van der Waals surface area contributed by atoms with Crippen molar-refractivity contribution in [2.75, 3.05) is 26.8 Å². The van der Waals surface area contributed by atoms with Gasteiger partial charge in [0.1, 0.15) is 5.75 Å². The number of hydrogen-bond donors (Lipinski definition) is 1. The summed E-state index contributed by atoms with van der Waals surface area (Å²) in [4.78, 5) is 35.4. The minimum Gasteiger partial charge on any atom is -0.490 e. The van der Waals surface area contributed by atoms with Crippen molar-refractivity contribution in [3.63, 3.8) is 0 Å². The molecule has 9 heteroatoms. The maximum absolute atomic E-state index is 12.3. The average molecular weight is 352 g/mol. The van der Waals surface area contributed by atoms with Gasteiger partial charge >= 0.3 is 11.7 Å². The Hall–Kier alpha value is -2.84. The molecule has 2 rings (SSSR count).